The second-order valence-corrected chi connectivity index (χ2v) is 15.1. The summed E-state index contributed by atoms with van der Waals surface area (Å²) in [6, 6.07) is 67.3. The van der Waals surface area contributed by atoms with E-state index in [1.165, 1.54) is 38.2 Å². The van der Waals surface area contributed by atoms with Crippen LogP contribution >= 0.6 is 0 Å². The summed E-state index contributed by atoms with van der Waals surface area (Å²) in [5, 5.41) is 18.6. The summed E-state index contributed by atoms with van der Waals surface area (Å²) in [7, 11) is 0. The molecule has 0 radical (unpaired) electrons. The van der Waals surface area contributed by atoms with Crippen LogP contribution < -0.4 is 16.0 Å². The number of nitrogens with zero attached hydrogens (tertiary/aromatic N) is 2. The fourth-order valence-electron chi connectivity index (χ4n) is 9.27. The van der Waals surface area contributed by atoms with E-state index in [0.717, 1.165) is 55.4 Å². The summed E-state index contributed by atoms with van der Waals surface area (Å²) in [5.74, 6) is 0. The molecule has 3 N–H and O–H groups in total. The average molecular weight is 736 g/mol. The van der Waals surface area contributed by atoms with Crippen LogP contribution in [0.1, 0.15) is 35.2 Å². The fourth-order valence-corrected chi connectivity index (χ4v) is 9.27. The molecule has 6 heteroatoms. The van der Waals surface area contributed by atoms with Crippen molar-refractivity contribution < 1.29 is 4.42 Å². The third kappa shape index (κ3) is 5.09. The molecule has 1 saturated heterocycles. The van der Waals surface area contributed by atoms with E-state index in [4.69, 9.17) is 4.42 Å². The number of para-hydroxylation sites is 3. The van der Waals surface area contributed by atoms with Crippen LogP contribution in [0, 0.1) is 0 Å². The minimum absolute atomic E-state index is 0.0482. The smallest absolute Gasteiger partial charge is 0.136 e. The van der Waals surface area contributed by atoms with Gasteiger partial charge in [0, 0.05) is 43.7 Å². The molecule has 1 aliphatic heterocycles. The summed E-state index contributed by atoms with van der Waals surface area (Å²) < 4.78 is 11.4. The van der Waals surface area contributed by atoms with Crippen LogP contribution in [0.3, 0.4) is 0 Å². The number of hydrogen-bond acceptors (Lipinski definition) is 4. The highest BCUT2D eigenvalue weighted by atomic mass is 16.3. The van der Waals surface area contributed by atoms with E-state index in [1.807, 2.05) is 6.07 Å². The lowest BCUT2D eigenvalue weighted by Crippen LogP contribution is -2.54. The van der Waals surface area contributed by atoms with Crippen LogP contribution in [-0.4, -0.2) is 9.13 Å². The summed E-state index contributed by atoms with van der Waals surface area (Å²) in [5.41, 5.74) is 12.2. The molecule has 12 rings (SSSR count). The van der Waals surface area contributed by atoms with Crippen LogP contribution in [-0.2, 0) is 0 Å². The zero-order valence-corrected chi connectivity index (χ0v) is 30.9. The lowest BCUT2D eigenvalue weighted by molar-refractivity contribution is 0.203. The molecule has 1 fully saturated rings. The van der Waals surface area contributed by atoms with E-state index in [0.29, 0.717) is 0 Å². The molecule has 8 aromatic carbocycles. The molecule has 0 saturated carbocycles. The van der Waals surface area contributed by atoms with Gasteiger partial charge in [-0.15, -0.1) is 0 Å². The molecular weight excluding hydrogens is 699 g/mol. The first-order valence-corrected chi connectivity index (χ1v) is 19.6. The molecule has 0 aliphatic carbocycles. The molecule has 272 valence electrons. The molecular formula is C51H37N5O. The van der Waals surface area contributed by atoms with Crippen molar-refractivity contribution >= 4 is 65.6 Å². The number of nitrogens with one attached hydrogen (secondary N) is 3. The lowest BCUT2D eigenvalue weighted by atomic mass is 10.0. The van der Waals surface area contributed by atoms with E-state index in [-0.39, 0.29) is 18.5 Å². The van der Waals surface area contributed by atoms with Gasteiger partial charge in [0.05, 0.1) is 40.6 Å². The molecule has 6 nitrogen and oxygen atoms in total. The van der Waals surface area contributed by atoms with Crippen LogP contribution in [0.2, 0.25) is 0 Å². The number of rotatable bonds is 5. The predicted molar refractivity (Wildman–Crippen MR) is 233 cm³/mol. The summed E-state index contributed by atoms with van der Waals surface area (Å²) >= 11 is 0. The molecule has 3 aromatic heterocycles. The summed E-state index contributed by atoms with van der Waals surface area (Å²) in [6.45, 7) is 0. The maximum absolute atomic E-state index is 6.51. The number of benzene rings is 8. The third-order valence-corrected chi connectivity index (χ3v) is 11.8. The monoisotopic (exact) mass is 735 g/mol. The van der Waals surface area contributed by atoms with Crippen molar-refractivity contribution in [2.24, 2.45) is 0 Å². The highest BCUT2D eigenvalue weighted by Gasteiger charge is 2.30. The van der Waals surface area contributed by atoms with Crippen LogP contribution in [0.25, 0.3) is 76.9 Å². The summed E-state index contributed by atoms with van der Waals surface area (Å²) in [6.07, 6.45) is -0.211. The Hall–Kier alpha value is -6.96. The Kier molecular flexibility index (Phi) is 7.25. The second kappa shape index (κ2) is 12.8. The Morgan fingerprint density at radius 3 is 1.56 bits per heavy atom. The van der Waals surface area contributed by atoms with Crippen LogP contribution in [0.5, 0.6) is 0 Å². The number of furan rings is 1. The quantitative estimate of drug-likeness (QED) is 0.165. The maximum Gasteiger partial charge on any atom is 0.136 e. The van der Waals surface area contributed by atoms with Crippen molar-refractivity contribution in [3.8, 4) is 11.4 Å². The zero-order chi connectivity index (χ0) is 37.5. The van der Waals surface area contributed by atoms with Crippen molar-refractivity contribution in [1.29, 1.82) is 0 Å². The van der Waals surface area contributed by atoms with Gasteiger partial charge in [-0.1, -0.05) is 127 Å². The van der Waals surface area contributed by atoms with E-state index in [2.05, 4.69) is 207 Å². The van der Waals surface area contributed by atoms with Crippen molar-refractivity contribution in [2.75, 3.05) is 0 Å². The highest BCUT2D eigenvalue weighted by Crippen LogP contribution is 2.44. The Bertz CT molecular complexity index is 3240. The zero-order valence-electron chi connectivity index (χ0n) is 30.9. The Balaban J connectivity index is 1.07. The van der Waals surface area contributed by atoms with E-state index >= 15 is 0 Å². The second-order valence-electron chi connectivity index (χ2n) is 15.1. The fraction of sp³-hybridized carbons (Fsp3) is 0.0588. The van der Waals surface area contributed by atoms with Gasteiger partial charge in [-0.2, -0.15) is 0 Å². The van der Waals surface area contributed by atoms with E-state index in [1.54, 1.807) is 0 Å². The van der Waals surface area contributed by atoms with Crippen LogP contribution in [0.4, 0.5) is 0 Å². The van der Waals surface area contributed by atoms with E-state index in [9.17, 15) is 0 Å². The normalized spacial score (nSPS) is 17.4. The Morgan fingerprint density at radius 1 is 0.333 bits per heavy atom. The predicted octanol–water partition coefficient (Wildman–Crippen LogP) is 12.0. The molecule has 2 unspecified atom stereocenters. The first kappa shape index (κ1) is 32.3. The van der Waals surface area contributed by atoms with Gasteiger partial charge < -0.3 is 13.6 Å². The maximum atomic E-state index is 6.51. The van der Waals surface area contributed by atoms with Crippen LogP contribution in [0.15, 0.2) is 192 Å². The minimum atomic E-state index is -0.114. The van der Waals surface area contributed by atoms with Gasteiger partial charge in [0.2, 0.25) is 0 Å². The SMILES string of the molecule is c1ccc(C2NC(c3ccccc3)NC(c3cccc(-n4c5ccccc5c5c6c7cc8oc9ccccc9c8cc7n(-c7ccccc7)c6ccc54)c3)N2)cc1. The van der Waals surface area contributed by atoms with Gasteiger partial charge in [0.25, 0.3) is 0 Å². The summed E-state index contributed by atoms with van der Waals surface area (Å²) in [4.78, 5) is 0. The average Bonchev–Trinajstić information content (AvgIpc) is 3.93. The molecule has 0 amide bonds. The molecule has 0 spiro atoms. The van der Waals surface area contributed by atoms with Crippen molar-refractivity contribution in [3.63, 3.8) is 0 Å². The largest absolute Gasteiger partial charge is 0.456 e. The molecule has 4 heterocycles. The molecule has 2 atom stereocenters. The van der Waals surface area contributed by atoms with Gasteiger partial charge in [0.1, 0.15) is 11.2 Å². The lowest BCUT2D eigenvalue weighted by Gasteiger charge is -2.39. The topological polar surface area (TPSA) is 59.1 Å². The first-order chi connectivity index (χ1) is 28.3. The van der Waals surface area contributed by atoms with Gasteiger partial charge in [0.15, 0.2) is 0 Å². The molecule has 1 aliphatic rings. The van der Waals surface area contributed by atoms with Crippen molar-refractivity contribution in [3.05, 3.63) is 205 Å². The standard InChI is InChI=1S/C51H37N5O/c1-4-15-32(16-5-1)49-52-50(33-17-6-2-7-18-33)54-51(53-49)34-19-14-22-36(29-34)56-41-25-12-10-24-38(41)47-42(56)27-28-43-48(47)40-31-46-39(37-23-11-13-26-45(37)57-46)30-44(40)55(43)35-20-8-3-9-21-35/h1-31,49-54H. The van der Waals surface area contributed by atoms with Gasteiger partial charge in [-0.25, -0.2) is 0 Å². The number of aromatic nitrogens is 2. The number of hydrogen-bond donors (Lipinski definition) is 3. The molecule has 0 bridgehead atoms. The number of fused-ring (bicyclic) bond motifs is 10. The highest BCUT2D eigenvalue weighted by molar-refractivity contribution is 6.30. The first-order valence-electron chi connectivity index (χ1n) is 19.6. The Morgan fingerprint density at radius 2 is 0.860 bits per heavy atom. The Labute approximate surface area is 328 Å². The van der Waals surface area contributed by atoms with Crippen molar-refractivity contribution in [2.45, 2.75) is 18.5 Å². The van der Waals surface area contributed by atoms with Crippen molar-refractivity contribution in [1.82, 2.24) is 25.1 Å². The van der Waals surface area contributed by atoms with Gasteiger partial charge in [-0.05, 0) is 77.4 Å². The van der Waals surface area contributed by atoms with Gasteiger partial charge in [-0.3, -0.25) is 16.0 Å². The molecule has 57 heavy (non-hydrogen) atoms. The van der Waals surface area contributed by atoms with E-state index < -0.39 is 0 Å². The van der Waals surface area contributed by atoms with Gasteiger partial charge >= 0.3 is 0 Å². The third-order valence-electron chi connectivity index (χ3n) is 11.8. The molecule has 11 aromatic rings. The minimum Gasteiger partial charge on any atom is -0.456 e.